The van der Waals surface area contributed by atoms with E-state index >= 15 is 0 Å². The summed E-state index contributed by atoms with van der Waals surface area (Å²) in [7, 11) is 0. The molecule has 0 unspecified atom stereocenters. The van der Waals surface area contributed by atoms with Crippen LogP contribution in [0.5, 0.6) is 11.5 Å². The molecule has 0 aliphatic carbocycles. The van der Waals surface area contributed by atoms with Gasteiger partial charge >= 0.3 is 0 Å². The number of nitrogens with one attached hydrogen (secondary N) is 3. The van der Waals surface area contributed by atoms with E-state index in [9.17, 15) is 29.1 Å². The van der Waals surface area contributed by atoms with Gasteiger partial charge in [-0.25, -0.2) is 9.97 Å². The molecule has 6 aromatic rings. The van der Waals surface area contributed by atoms with Gasteiger partial charge in [-0.15, -0.1) is 0 Å². The summed E-state index contributed by atoms with van der Waals surface area (Å²) in [4.78, 5) is 76.9. The molecule has 1 saturated heterocycles. The Morgan fingerprint density at radius 2 is 1.40 bits per heavy atom. The first-order valence-corrected chi connectivity index (χ1v) is 22.5. The predicted octanol–water partition coefficient (Wildman–Crippen LogP) is 2.89. The number of imidazole rings is 2. The number of nitrogens with two attached hydrogens (primary N) is 2. The van der Waals surface area contributed by atoms with E-state index in [0.29, 0.717) is 121 Å². The average molecular weight is 921 g/mol. The first kappa shape index (κ1) is 46.2. The molecule has 0 spiro atoms. The van der Waals surface area contributed by atoms with Gasteiger partial charge in [0.15, 0.2) is 0 Å². The van der Waals surface area contributed by atoms with Crippen LogP contribution in [0.1, 0.15) is 105 Å². The number of aliphatic hydroxyl groups is 1. The van der Waals surface area contributed by atoms with Crippen LogP contribution < -0.4 is 36.9 Å². The third-order valence-electron chi connectivity index (χ3n) is 12.0. The van der Waals surface area contributed by atoms with Crippen molar-refractivity contribution in [3.63, 3.8) is 0 Å². The highest BCUT2D eigenvalue weighted by atomic mass is 16.5. The van der Waals surface area contributed by atoms with E-state index in [0.717, 1.165) is 0 Å². The van der Waals surface area contributed by atoms with E-state index in [1.165, 1.54) is 0 Å². The van der Waals surface area contributed by atoms with Crippen molar-refractivity contribution >= 4 is 63.5 Å². The number of piperidine rings is 1. The van der Waals surface area contributed by atoms with Crippen LogP contribution in [0.15, 0.2) is 36.4 Å². The first-order chi connectivity index (χ1) is 32.2. The second kappa shape index (κ2) is 19.6. The molecule has 22 nitrogen and oxygen atoms in total. The lowest BCUT2D eigenvalue weighted by molar-refractivity contribution is -0.122. The van der Waals surface area contributed by atoms with Crippen molar-refractivity contribution < 1.29 is 38.6 Å². The van der Waals surface area contributed by atoms with Gasteiger partial charge in [0.25, 0.3) is 11.8 Å². The number of fused-ring (bicyclic) bond motifs is 1. The fourth-order valence-corrected chi connectivity index (χ4v) is 8.73. The number of carbonyl (C=O) groups excluding carboxylic acids is 5. The van der Waals surface area contributed by atoms with Gasteiger partial charge in [-0.1, -0.05) is 0 Å². The Balaban J connectivity index is 1.07. The normalized spacial score (nSPS) is 15.1. The quantitative estimate of drug-likeness (QED) is 0.0639. The zero-order chi connectivity index (χ0) is 47.5. The fraction of sp³-hybridized carbons (Fsp3) is 0.444. The first-order valence-electron chi connectivity index (χ1n) is 22.5. The molecule has 1 atom stereocenters. The molecule has 8 rings (SSSR count). The Hall–Kier alpha value is -7.33. The summed E-state index contributed by atoms with van der Waals surface area (Å²) in [6, 6.07) is 9.25. The van der Waals surface area contributed by atoms with Crippen molar-refractivity contribution in [1.82, 2.24) is 48.9 Å². The molecule has 5 amide bonds. The number of likely N-dealkylation sites (tertiary alicyclic amines) is 1. The van der Waals surface area contributed by atoms with Gasteiger partial charge in [0.2, 0.25) is 29.6 Å². The highest BCUT2D eigenvalue weighted by molar-refractivity contribution is 6.05. The minimum Gasteiger partial charge on any atom is -0.491 e. The summed E-state index contributed by atoms with van der Waals surface area (Å²) >= 11 is 0. The molecule has 8 N–H and O–H groups in total. The number of aliphatic hydroxyl groups excluding tert-OH is 1. The van der Waals surface area contributed by atoms with Crippen LogP contribution in [0.4, 0.5) is 11.9 Å². The van der Waals surface area contributed by atoms with Crippen LogP contribution in [0.2, 0.25) is 0 Å². The maximum absolute atomic E-state index is 13.9. The van der Waals surface area contributed by atoms with Crippen molar-refractivity contribution in [3.8, 4) is 11.5 Å². The van der Waals surface area contributed by atoms with Crippen molar-refractivity contribution in [3.05, 3.63) is 70.3 Å². The molecule has 22 heteroatoms. The highest BCUT2D eigenvalue weighted by Gasteiger charge is 2.30. The van der Waals surface area contributed by atoms with E-state index in [4.69, 9.17) is 30.9 Å². The maximum atomic E-state index is 13.9. The van der Waals surface area contributed by atoms with E-state index in [1.54, 1.807) is 52.7 Å². The minimum absolute atomic E-state index is 0.125. The van der Waals surface area contributed by atoms with Crippen LogP contribution in [-0.2, 0) is 24.4 Å². The molecule has 354 valence electrons. The summed E-state index contributed by atoms with van der Waals surface area (Å²) < 4.78 is 19.5. The van der Waals surface area contributed by atoms with Crippen molar-refractivity contribution in [2.24, 2.45) is 11.5 Å². The molecule has 0 saturated carbocycles. The number of hydrogen-bond acceptors (Lipinski definition) is 13. The Morgan fingerprint density at radius 3 is 2.03 bits per heavy atom. The minimum atomic E-state index is -0.698. The molecular formula is C45H56N14O8. The molecule has 67 heavy (non-hydrogen) atoms. The van der Waals surface area contributed by atoms with E-state index in [-0.39, 0.29) is 67.4 Å². The number of anilines is 2. The van der Waals surface area contributed by atoms with Gasteiger partial charge in [-0.2, -0.15) is 10.2 Å². The van der Waals surface area contributed by atoms with Gasteiger partial charge < -0.3 is 40.5 Å². The van der Waals surface area contributed by atoms with Gasteiger partial charge in [0.1, 0.15) is 40.5 Å². The van der Waals surface area contributed by atoms with Crippen LogP contribution in [0, 0.1) is 13.8 Å². The third-order valence-corrected chi connectivity index (χ3v) is 12.0. The Bertz CT molecular complexity index is 2870. The largest absolute Gasteiger partial charge is 0.491 e. The highest BCUT2D eigenvalue weighted by Crippen LogP contribution is 2.39. The van der Waals surface area contributed by atoms with Crippen molar-refractivity contribution in [2.75, 3.05) is 50.0 Å². The Kier molecular flexibility index (Phi) is 13.5. The Labute approximate surface area is 384 Å². The van der Waals surface area contributed by atoms with Crippen molar-refractivity contribution in [1.29, 1.82) is 0 Å². The Morgan fingerprint density at radius 1 is 0.806 bits per heavy atom. The molecule has 2 aromatic carbocycles. The van der Waals surface area contributed by atoms with Crippen LogP contribution in [-0.4, -0.2) is 124 Å². The lowest BCUT2D eigenvalue weighted by Crippen LogP contribution is -2.42. The molecule has 0 bridgehead atoms. The van der Waals surface area contributed by atoms with Crippen LogP contribution in [0.3, 0.4) is 0 Å². The number of benzene rings is 2. The standard InChI is InChI=1S/C45H56N14O8/c1-5-57-33(17-25(3)53-57)42(64)51-44-49-31-19-27(40(46)62)21-35(66-16-8-12-48-37(61)23-55-14-10-30(60)11-15-55)38(31)56(44)13-7-9-29-24-67-36-22-28(41(47)63)20-32-39(36)59(29)45(50-32)52-43(65)34-18-26(4)54-58(34)6-2/h17-22,29-30,60H,5-16,23-24H2,1-4H3,(H2,46,62)(H2,47,63)(H,48,61)(H,49,51,64)(H,50,52,65)/t29-/m0/s1. The smallest absolute Gasteiger partial charge is 0.276 e. The predicted molar refractivity (Wildman–Crippen MR) is 246 cm³/mol. The fourth-order valence-electron chi connectivity index (χ4n) is 8.73. The molecule has 6 heterocycles. The summed E-state index contributed by atoms with van der Waals surface area (Å²) in [5.41, 5.74) is 15.7. The number of nitrogens with zero attached hydrogens (tertiary/aromatic N) is 9. The molecule has 0 radical (unpaired) electrons. The van der Waals surface area contributed by atoms with E-state index < -0.39 is 23.6 Å². The second-order valence-electron chi connectivity index (χ2n) is 16.9. The van der Waals surface area contributed by atoms with E-state index in [1.807, 2.05) is 34.8 Å². The number of hydrogen-bond donors (Lipinski definition) is 6. The number of aromatic nitrogens is 8. The number of primary amides is 2. The molecule has 2 aliphatic rings. The van der Waals surface area contributed by atoms with Gasteiger partial charge in [-0.3, -0.25) is 48.9 Å². The summed E-state index contributed by atoms with van der Waals surface area (Å²) in [5.74, 6) is -1.20. The number of carbonyl (C=O) groups is 5. The molecule has 1 fully saturated rings. The van der Waals surface area contributed by atoms with Gasteiger partial charge in [-0.05, 0) is 96.2 Å². The lowest BCUT2D eigenvalue weighted by Gasteiger charge is -2.28. The zero-order valence-corrected chi connectivity index (χ0v) is 38.0. The topological polar surface area (TPSA) is 287 Å². The van der Waals surface area contributed by atoms with Crippen molar-refractivity contribution in [2.45, 2.75) is 91.6 Å². The monoisotopic (exact) mass is 920 g/mol. The summed E-state index contributed by atoms with van der Waals surface area (Å²) in [6.07, 6.45) is 2.32. The van der Waals surface area contributed by atoms with Crippen LogP contribution in [0.25, 0.3) is 22.1 Å². The molecule has 4 aromatic heterocycles. The zero-order valence-electron chi connectivity index (χ0n) is 38.0. The van der Waals surface area contributed by atoms with Gasteiger partial charge in [0, 0.05) is 50.4 Å². The molecular weight excluding hydrogens is 865 g/mol. The number of aryl methyl sites for hydroxylation is 5. The lowest BCUT2D eigenvalue weighted by atomic mass is 10.1. The van der Waals surface area contributed by atoms with E-state index in [2.05, 4.69) is 26.1 Å². The summed E-state index contributed by atoms with van der Waals surface area (Å²) in [6.45, 7) is 10.8. The number of rotatable bonds is 19. The number of amides is 5. The average Bonchev–Trinajstić information content (AvgIpc) is 4.07. The molecule has 2 aliphatic heterocycles. The van der Waals surface area contributed by atoms with Crippen LogP contribution >= 0.6 is 0 Å². The maximum Gasteiger partial charge on any atom is 0.276 e. The third kappa shape index (κ3) is 9.94. The SMILES string of the molecule is CCn1nc(C)cc1C(=O)Nc1nc2cc(C(N)=O)cc(OCCCNC(=O)CN3CCC(O)CC3)c2n1CCC[C@H]1COc2cc(C(N)=O)cc3nc(NC(=O)c4cc(C)nn4CC)n1c23. The number of ether oxygens (including phenoxy) is 2. The second-order valence-corrected chi connectivity index (χ2v) is 16.9. The summed E-state index contributed by atoms with van der Waals surface area (Å²) in [5, 5.41) is 27.5. The van der Waals surface area contributed by atoms with Gasteiger partial charge in [0.05, 0.1) is 47.7 Å².